The van der Waals surface area contributed by atoms with E-state index in [1.165, 1.54) is 16.7 Å². The van der Waals surface area contributed by atoms with E-state index in [1.54, 1.807) is 47.8 Å². The van der Waals surface area contributed by atoms with Crippen molar-refractivity contribution in [3.63, 3.8) is 0 Å². The summed E-state index contributed by atoms with van der Waals surface area (Å²) in [4.78, 5) is 27.0. The van der Waals surface area contributed by atoms with E-state index in [-0.39, 0.29) is 21.6 Å². The minimum atomic E-state index is -0.632. The molecule has 0 saturated carbocycles. The van der Waals surface area contributed by atoms with Gasteiger partial charge in [-0.2, -0.15) is 0 Å². The van der Waals surface area contributed by atoms with E-state index >= 15 is 0 Å². The van der Waals surface area contributed by atoms with E-state index in [1.807, 2.05) is 13.0 Å². The number of β-lactam (4-membered cyclic amide) rings is 1. The molecule has 26 heavy (non-hydrogen) atoms. The summed E-state index contributed by atoms with van der Waals surface area (Å²) in [5, 5.41) is 11.2. The van der Waals surface area contributed by atoms with Crippen LogP contribution in [0.25, 0.3) is 0 Å². The number of carbonyl (C=O) groups is 2. The van der Waals surface area contributed by atoms with Crippen LogP contribution in [0.1, 0.15) is 17.3 Å². The summed E-state index contributed by atoms with van der Waals surface area (Å²) in [5.41, 5.74) is 1.77. The van der Waals surface area contributed by atoms with E-state index in [9.17, 15) is 9.59 Å². The predicted octanol–water partition coefficient (Wildman–Crippen LogP) is 2.31. The second-order valence-electron chi connectivity index (χ2n) is 5.90. The van der Waals surface area contributed by atoms with Crippen LogP contribution in [0.3, 0.4) is 0 Å². The molecule has 4 rings (SSSR count). The van der Waals surface area contributed by atoms with Gasteiger partial charge in [-0.25, -0.2) is 4.68 Å². The zero-order valence-electron chi connectivity index (χ0n) is 13.9. The van der Waals surface area contributed by atoms with Crippen LogP contribution in [0.5, 0.6) is 0 Å². The number of fused-ring (bicyclic) bond motifs is 1. The summed E-state index contributed by atoms with van der Waals surface area (Å²) in [6, 6.07) is 8.95. The van der Waals surface area contributed by atoms with Crippen LogP contribution in [0, 0.1) is 0 Å². The van der Waals surface area contributed by atoms with Crippen molar-refractivity contribution in [2.45, 2.75) is 27.4 Å². The summed E-state index contributed by atoms with van der Waals surface area (Å²) in [5.74, 6) is -0.404. The number of alkyl halides is 1. The molecule has 2 aliphatic rings. The number of carbonyl (C=O) groups excluding carboxylic acids is 2. The lowest BCUT2D eigenvalue weighted by Gasteiger charge is -2.49. The molecule has 0 N–H and O–H groups in total. The number of hydrogen-bond donors (Lipinski definition) is 0. The number of amides is 1. The molecule has 1 unspecified atom stereocenters. The molecule has 3 atom stereocenters. The van der Waals surface area contributed by atoms with Crippen molar-refractivity contribution < 1.29 is 9.59 Å². The van der Waals surface area contributed by atoms with Gasteiger partial charge in [-0.1, -0.05) is 42.1 Å². The molecule has 0 bridgehead atoms. The molecule has 0 spiro atoms. The molecule has 10 heteroatoms. The van der Waals surface area contributed by atoms with Crippen LogP contribution in [-0.4, -0.2) is 52.1 Å². The summed E-state index contributed by atoms with van der Waals surface area (Å²) in [6.07, 6.45) is 0. The van der Waals surface area contributed by atoms with Crippen LogP contribution < -0.4 is 0 Å². The molecule has 0 aliphatic carbocycles. The van der Waals surface area contributed by atoms with Gasteiger partial charge in [-0.05, 0) is 22.9 Å². The smallest absolute Gasteiger partial charge is 0.249 e. The van der Waals surface area contributed by atoms with Crippen molar-refractivity contribution in [3.8, 4) is 0 Å². The predicted molar refractivity (Wildman–Crippen MR) is 99.8 cm³/mol. The summed E-state index contributed by atoms with van der Waals surface area (Å²) < 4.78 is 1.46. The van der Waals surface area contributed by atoms with E-state index in [4.69, 9.17) is 11.6 Å². The number of aryl methyl sites for hydroxylation is 1. The van der Waals surface area contributed by atoms with Crippen molar-refractivity contribution in [3.05, 3.63) is 47.2 Å². The first-order chi connectivity index (χ1) is 12.5. The normalized spacial score (nSPS) is 25.1. The number of Topliss-reactive ketones (excluding diaryl/α,β-unsaturated/α-hetero) is 1. The lowest BCUT2D eigenvalue weighted by molar-refractivity contribution is -0.137. The third-order valence-corrected chi connectivity index (χ3v) is 7.94. The van der Waals surface area contributed by atoms with Crippen molar-refractivity contribution in [2.24, 2.45) is 7.05 Å². The average molecular weight is 408 g/mol. The summed E-state index contributed by atoms with van der Waals surface area (Å²) >= 11 is 9.20. The zero-order chi connectivity index (χ0) is 18.4. The fourth-order valence-electron chi connectivity index (χ4n) is 2.87. The molecule has 1 amide bonds. The topological polar surface area (TPSA) is 81.0 Å². The molecule has 7 nitrogen and oxygen atoms in total. The molecular formula is C16H14ClN5O2S2. The first kappa shape index (κ1) is 17.6. The third-order valence-electron chi connectivity index (χ3n) is 4.25. The number of thioether (sulfide) groups is 2. The maximum Gasteiger partial charge on any atom is 0.249 e. The Bertz CT molecular complexity index is 916. The van der Waals surface area contributed by atoms with Gasteiger partial charge in [0.2, 0.25) is 16.8 Å². The lowest BCUT2D eigenvalue weighted by atomic mass is 10.00. The minimum absolute atomic E-state index is 0.113. The number of halogens is 1. The highest BCUT2D eigenvalue weighted by Gasteiger charge is 2.54. The quantitative estimate of drug-likeness (QED) is 0.437. The van der Waals surface area contributed by atoms with Crippen molar-refractivity contribution in [1.29, 1.82) is 0 Å². The fourth-order valence-corrected chi connectivity index (χ4v) is 6.00. The molecule has 0 radical (unpaired) electrons. The van der Waals surface area contributed by atoms with Crippen LogP contribution >= 0.6 is 35.1 Å². The van der Waals surface area contributed by atoms with E-state index in [0.29, 0.717) is 16.4 Å². The van der Waals surface area contributed by atoms with Crippen LogP contribution in [0.15, 0.2) is 46.8 Å². The number of hydrogen-bond acceptors (Lipinski definition) is 7. The number of benzene rings is 1. The van der Waals surface area contributed by atoms with Gasteiger partial charge in [0.05, 0.1) is 10.3 Å². The fraction of sp³-hybridized carbons (Fsp3) is 0.312. The third kappa shape index (κ3) is 2.74. The lowest BCUT2D eigenvalue weighted by Crippen LogP contribution is -2.63. The number of nitrogens with zero attached hydrogens (tertiary/aromatic N) is 5. The summed E-state index contributed by atoms with van der Waals surface area (Å²) in [6.45, 7) is 1.87. The number of aromatic nitrogens is 4. The van der Waals surface area contributed by atoms with E-state index in [2.05, 4.69) is 15.5 Å². The Morgan fingerprint density at radius 2 is 2.04 bits per heavy atom. The minimum Gasteiger partial charge on any atom is -0.293 e. The van der Waals surface area contributed by atoms with Gasteiger partial charge in [0.25, 0.3) is 0 Å². The molecule has 1 saturated heterocycles. The van der Waals surface area contributed by atoms with Gasteiger partial charge in [0, 0.05) is 12.6 Å². The molecule has 1 aromatic carbocycles. The van der Waals surface area contributed by atoms with E-state index in [0.717, 1.165) is 5.57 Å². The number of rotatable bonds is 4. The Hall–Kier alpha value is -1.84. The Kier molecular flexibility index (Phi) is 4.54. The van der Waals surface area contributed by atoms with Gasteiger partial charge in [-0.3, -0.25) is 14.5 Å². The van der Waals surface area contributed by atoms with Crippen LogP contribution in [0.2, 0.25) is 0 Å². The molecular weight excluding hydrogens is 394 g/mol. The largest absolute Gasteiger partial charge is 0.293 e. The number of tetrazole rings is 1. The number of allylic oxidation sites excluding steroid dienone is 1. The molecule has 2 aliphatic heterocycles. The highest BCUT2D eigenvalue weighted by Crippen LogP contribution is 2.50. The van der Waals surface area contributed by atoms with Gasteiger partial charge in [0.15, 0.2) is 0 Å². The highest BCUT2D eigenvalue weighted by atomic mass is 35.5. The van der Waals surface area contributed by atoms with Gasteiger partial charge in [0.1, 0.15) is 10.8 Å². The zero-order valence-corrected chi connectivity index (χ0v) is 16.3. The first-order valence-electron chi connectivity index (χ1n) is 7.81. The van der Waals surface area contributed by atoms with Crippen LogP contribution in [0.4, 0.5) is 0 Å². The second kappa shape index (κ2) is 6.71. The molecule has 3 heterocycles. The second-order valence-corrected chi connectivity index (χ2v) is 8.97. The van der Waals surface area contributed by atoms with E-state index < -0.39 is 5.38 Å². The van der Waals surface area contributed by atoms with Crippen molar-refractivity contribution in [2.75, 3.05) is 0 Å². The van der Waals surface area contributed by atoms with Gasteiger partial charge in [-0.15, -0.1) is 28.5 Å². The standard InChI is InChI=1S/C16H14ClN5O2S2/c1-8-11(12(23)9-6-4-3-5-7-9)22-13(24)10(17)14(22)25-15(8)26-16-18-19-20-21(16)2/h3-7,10,14-15H,1-2H3/t10-,14+,15?/m0/s1. The average Bonchev–Trinajstić information content (AvgIpc) is 3.07. The molecule has 134 valence electrons. The van der Waals surface area contributed by atoms with Crippen LogP contribution in [-0.2, 0) is 11.8 Å². The van der Waals surface area contributed by atoms with Gasteiger partial charge < -0.3 is 0 Å². The Morgan fingerprint density at radius 1 is 1.31 bits per heavy atom. The van der Waals surface area contributed by atoms with Crippen molar-refractivity contribution in [1.82, 2.24) is 25.1 Å². The molecule has 1 aromatic heterocycles. The first-order valence-corrected chi connectivity index (χ1v) is 10.1. The Labute approximate surface area is 163 Å². The monoisotopic (exact) mass is 407 g/mol. The van der Waals surface area contributed by atoms with Crippen molar-refractivity contribution >= 4 is 46.8 Å². The Balaban J connectivity index is 1.74. The SMILES string of the molecule is CC1=C(C(=O)c2ccccc2)N2C(=O)[C@H](Cl)[C@H]2SC1Sc1nnnn1C. The highest BCUT2D eigenvalue weighted by molar-refractivity contribution is 8.17. The molecule has 2 aromatic rings. The molecule has 1 fully saturated rings. The summed E-state index contributed by atoms with van der Waals surface area (Å²) in [7, 11) is 1.76. The number of ketones is 1. The maximum atomic E-state index is 13.1. The maximum absolute atomic E-state index is 13.1. The van der Waals surface area contributed by atoms with Gasteiger partial charge >= 0.3 is 0 Å². The Morgan fingerprint density at radius 3 is 2.69 bits per heavy atom.